The minimum absolute atomic E-state index is 0.0288. The van der Waals surface area contributed by atoms with E-state index in [4.69, 9.17) is 5.11 Å². The van der Waals surface area contributed by atoms with Crippen LogP contribution in [0.15, 0.2) is 34.1 Å². The third-order valence-corrected chi connectivity index (χ3v) is 8.46. The summed E-state index contributed by atoms with van der Waals surface area (Å²) in [5.41, 5.74) is 0. The highest BCUT2D eigenvalue weighted by Gasteiger charge is 2.36. The fourth-order valence-corrected chi connectivity index (χ4v) is 6.18. The molecule has 0 spiro atoms. The smallest absolute Gasteiger partial charge is 0.307 e. The molecule has 3 rings (SSSR count). The Bertz CT molecular complexity index is 858. The van der Waals surface area contributed by atoms with Crippen molar-refractivity contribution in [3.8, 4) is 0 Å². The molecule has 138 valence electrons. The van der Waals surface area contributed by atoms with Gasteiger partial charge in [-0.05, 0) is 43.5 Å². The largest absolute Gasteiger partial charge is 0.481 e. The Morgan fingerprint density at radius 2 is 1.36 bits per heavy atom. The van der Waals surface area contributed by atoms with Gasteiger partial charge in [0.15, 0.2) is 0 Å². The summed E-state index contributed by atoms with van der Waals surface area (Å²) in [7, 11) is -7.42. The molecule has 2 heterocycles. The number of rotatable bonds is 5. The second-order valence-corrected chi connectivity index (χ2v) is 10.1. The molecular formula is C15H20N2O6S2. The topological polar surface area (TPSA) is 112 Å². The third kappa shape index (κ3) is 3.43. The predicted octanol–water partition coefficient (Wildman–Crippen LogP) is 0.566. The van der Waals surface area contributed by atoms with Gasteiger partial charge < -0.3 is 5.11 Å². The van der Waals surface area contributed by atoms with Crippen molar-refractivity contribution >= 4 is 26.0 Å². The molecule has 2 aliphatic heterocycles. The molecule has 0 aromatic heterocycles. The zero-order valence-electron chi connectivity index (χ0n) is 13.5. The number of benzene rings is 1. The lowest BCUT2D eigenvalue weighted by Gasteiger charge is -2.18. The highest BCUT2D eigenvalue weighted by atomic mass is 32.2. The molecule has 0 bridgehead atoms. The number of hydrogen-bond acceptors (Lipinski definition) is 5. The van der Waals surface area contributed by atoms with Crippen molar-refractivity contribution in [2.75, 3.05) is 26.2 Å². The minimum atomic E-state index is -3.82. The highest BCUT2D eigenvalue weighted by molar-refractivity contribution is 7.89. The van der Waals surface area contributed by atoms with Crippen molar-refractivity contribution in [1.82, 2.24) is 8.61 Å². The van der Waals surface area contributed by atoms with E-state index < -0.39 is 31.9 Å². The minimum Gasteiger partial charge on any atom is -0.481 e. The highest BCUT2D eigenvalue weighted by Crippen LogP contribution is 2.26. The number of carboxylic acids is 1. The second kappa shape index (κ2) is 6.67. The van der Waals surface area contributed by atoms with E-state index >= 15 is 0 Å². The summed E-state index contributed by atoms with van der Waals surface area (Å²) >= 11 is 0. The fraction of sp³-hybridized carbons (Fsp3) is 0.533. The Morgan fingerprint density at radius 3 is 1.80 bits per heavy atom. The van der Waals surface area contributed by atoms with Crippen LogP contribution in [0.1, 0.15) is 19.3 Å². The molecular weight excluding hydrogens is 368 g/mol. The van der Waals surface area contributed by atoms with Crippen LogP contribution in [0.4, 0.5) is 0 Å². The van der Waals surface area contributed by atoms with Crippen LogP contribution in [0.25, 0.3) is 0 Å². The lowest BCUT2D eigenvalue weighted by Crippen LogP contribution is -2.30. The summed E-state index contributed by atoms with van der Waals surface area (Å²) < 4.78 is 52.7. The average Bonchev–Trinajstić information content (AvgIpc) is 3.27. The maximum Gasteiger partial charge on any atom is 0.307 e. The van der Waals surface area contributed by atoms with Gasteiger partial charge in [0.05, 0.1) is 15.7 Å². The first-order valence-corrected chi connectivity index (χ1v) is 10.9. The summed E-state index contributed by atoms with van der Waals surface area (Å²) in [5, 5.41) is 9.00. The predicted molar refractivity (Wildman–Crippen MR) is 88.9 cm³/mol. The Labute approximate surface area is 147 Å². The van der Waals surface area contributed by atoms with Crippen LogP contribution in [0.2, 0.25) is 0 Å². The SMILES string of the molecule is O=C(O)C1CCN(S(=O)(=O)c2ccc(S(=O)(=O)N3CCCC3)cc2)C1. The number of carboxylic acid groups (broad SMARTS) is 1. The van der Waals surface area contributed by atoms with E-state index in [1.54, 1.807) is 0 Å². The first-order chi connectivity index (χ1) is 11.7. The first kappa shape index (κ1) is 18.3. The molecule has 2 saturated heterocycles. The zero-order valence-corrected chi connectivity index (χ0v) is 15.2. The molecule has 1 aromatic rings. The van der Waals surface area contributed by atoms with Crippen LogP contribution in [-0.4, -0.2) is 62.7 Å². The Kier molecular flexibility index (Phi) is 4.89. The monoisotopic (exact) mass is 388 g/mol. The van der Waals surface area contributed by atoms with Crippen LogP contribution in [-0.2, 0) is 24.8 Å². The molecule has 1 N–H and O–H groups in total. The van der Waals surface area contributed by atoms with Crippen LogP contribution in [0, 0.1) is 5.92 Å². The second-order valence-electron chi connectivity index (χ2n) is 6.27. The summed E-state index contributed by atoms with van der Waals surface area (Å²) in [6, 6.07) is 5.13. The molecule has 1 unspecified atom stereocenters. The maximum atomic E-state index is 12.6. The molecule has 0 aliphatic carbocycles. The molecule has 10 heteroatoms. The third-order valence-electron chi connectivity index (χ3n) is 4.66. The van der Waals surface area contributed by atoms with E-state index in [0.717, 1.165) is 17.1 Å². The summed E-state index contributed by atoms with van der Waals surface area (Å²) in [5.74, 6) is -1.71. The van der Waals surface area contributed by atoms with Crippen molar-refractivity contribution in [1.29, 1.82) is 0 Å². The van der Waals surface area contributed by atoms with Crippen molar-refractivity contribution < 1.29 is 26.7 Å². The van der Waals surface area contributed by atoms with Gasteiger partial charge >= 0.3 is 5.97 Å². The zero-order chi connectivity index (χ0) is 18.2. The number of sulfonamides is 2. The molecule has 2 fully saturated rings. The Morgan fingerprint density at radius 1 is 0.880 bits per heavy atom. The van der Waals surface area contributed by atoms with E-state index in [-0.39, 0.29) is 29.3 Å². The van der Waals surface area contributed by atoms with Gasteiger partial charge in [0, 0.05) is 26.2 Å². The molecule has 0 amide bonds. The van der Waals surface area contributed by atoms with Crippen LogP contribution in [0.5, 0.6) is 0 Å². The van der Waals surface area contributed by atoms with Gasteiger partial charge in [-0.1, -0.05) is 0 Å². The standard InChI is InChI=1S/C15H20N2O6S2/c18-15(19)12-7-10-17(11-12)25(22,23)14-5-3-13(4-6-14)24(20,21)16-8-1-2-9-16/h3-6,12H,1-2,7-11H2,(H,18,19). The summed E-state index contributed by atoms with van der Waals surface area (Å²) in [6.07, 6.45) is 1.92. The van der Waals surface area contributed by atoms with Gasteiger partial charge in [0.25, 0.3) is 0 Å². The molecule has 0 radical (unpaired) electrons. The van der Waals surface area contributed by atoms with E-state index in [1.807, 2.05) is 0 Å². The molecule has 25 heavy (non-hydrogen) atoms. The molecule has 1 aromatic carbocycles. The number of nitrogens with zero attached hydrogens (tertiary/aromatic N) is 2. The fourth-order valence-electron chi connectivity index (χ4n) is 3.16. The summed E-state index contributed by atoms with van der Waals surface area (Å²) in [4.78, 5) is 11.0. The molecule has 2 aliphatic rings. The Hall–Kier alpha value is -1.49. The van der Waals surface area contributed by atoms with Crippen LogP contribution in [0.3, 0.4) is 0 Å². The van der Waals surface area contributed by atoms with Crippen LogP contribution >= 0.6 is 0 Å². The van der Waals surface area contributed by atoms with Crippen LogP contribution < -0.4 is 0 Å². The van der Waals surface area contributed by atoms with E-state index in [9.17, 15) is 21.6 Å². The first-order valence-electron chi connectivity index (χ1n) is 8.06. The van der Waals surface area contributed by atoms with Gasteiger partial charge in [0.2, 0.25) is 20.0 Å². The molecule has 0 saturated carbocycles. The lowest BCUT2D eigenvalue weighted by atomic mass is 10.1. The quantitative estimate of drug-likeness (QED) is 0.789. The van der Waals surface area contributed by atoms with Gasteiger partial charge in [-0.25, -0.2) is 16.8 Å². The number of aliphatic carboxylic acids is 1. The van der Waals surface area contributed by atoms with Gasteiger partial charge in [0.1, 0.15) is 0 Å². The van der Waals surface area contributed by atoms with Crippen molar-refractivity contribution in [3.63, 3.8) is 0 Å². The number of hydrogen-bond donors (Lipinski definition) is 1. The molecule has 8 nitrogen and oxygen atoms in total. The van der Waals surface area contributed by atoms with E-state index in [0.29, 0.717) is 13.1 Å². The average molecular weight is 388 g/mol. The van der Waals surface area contributed by atoms with E-state index in [2.05, 4.69) is 0 Å². The Balaban J connectivity index is 1.81. The molecule has 1 atom stereocenters. The van der Waals surface area contributed by atoms with Gasteiger partial charge in [-0.15, -0.1) is 0 Å². The van der Waals surface area contributed by atoms with Crippen molar-refractivity contribution in [2.24, 2.45) is 5.92 Å². The van der Waals surface area contributed by atoms with Gasteiger partial charge in [-0.3, -0.25) is 4.79 Å². The normalized spacial score (nSPS) is 23.1. The summed E-state index contributed by atoms with van der Waals surface area (Å²) in [6.45, 7) is 1.04. The van der Waals surface area contributed by atoms with Gasteiger partial charge in [-0.2, -0.15) is 8.61 Å². The maximum absolute atomic E-state index is 12.6. The van der Waals surface area contributed by atoms with E-state index in [1.165, 1.54) is 28.6 Å². The van der Waals surface area contributed by atoms with Crippen molar-refractivity contribution in [2.45, 2.75) is 29.1 Å². The van der Waals surface area contributed by atoms with Crippen molar-refractivity contribution in [3.05, 3.63) is 24.3 Å². The number of carbonyl (C=O) groups is 1. The lowest BCUT2D eigenvalue weighted by molar-refractivity contribution is -0.141.